The minimum Gasteiger partial charge on any atom is -0.492 e. The van der Waals surface area contributed by atoms with Crippen molar-refractivity contribution in [3.05, 3.63) is 59.4 Å². The molecule has 0 aliphatic heterocycles. The van der Waals surface area contributed by atoms with Gasteiger partial charge in [0.05, 0.1) is 5.56 Å². The largest absolute Gasteiger partial charge is 0.492 e. The van der Waals surface area contributed by atoms with E-state index in [0.717, 1.165) is 11.3 Å². The van der Waals surface area contributed by atoms with Gasteiger partial charge < -0.3 is 15.8 Å². The van der Waals surface area contributed by atoms with E-state index in [1.165, 1.54) is 6.07 Å². The van der Waals surface area contributed by atoms with Crippen molar-refractivity contribution in [1.29, 1.82) is 0 Å². The highest BCUT2D eigenvalue weighted by Crippen LogP contribution is 2.18. The van der Waals surface area contributed by atoms with Crippen LogP contribution in [0.5, 0.6) is 5.75 Å². The minimum atomic E-state index is -0.424. The normalized spacial score (nSPS) is 10.2. The maximum atomic E-state index is 13.7. The van der Waals surface area contributed by atoms with Crippen molar-refractivity contribution >= 4 is 22.9 Å². The van der Waals surface area contributed by atoms with E-state index in [1.807, 2.05) is 31.2 Å². The van der Waals surface area contributed by atoms with Crippen LogP contribution >= 0.6 is 12.2 Å². The van der Waals surface area contributed by atoms with Crippen molar-refractivity contribution < 1.29 is 9.13 Å². The van der Waals surface area contributed by atoms with Crippen LogP contribution in [-0.4, -0.2) is 18.1 Å². The van der Waals surface area contributed by atoms with Gasteiger partial charge >= 0.3 is 0 Å². The summed E-state index contributed by atoms with van der Waals surface area (Å²) >= 11 is 4.87. The number of nitrogens with one attached hydrogen (secondary N) is 1. The van der Waals surface area contributed by atoms with Gasteiger partial charge in [-0.25, -0.2) is 4.39 Å². The summed E-state index contributed by atoms with van der Waals surface area (Å²) in [4.78, 5) is 0.0372. The number of hydrogen-bond donors (Lipinski definition) is 2. The van der Waals surface area contributed by atoms with E-state index in [1.54, 1.807) is 12.1 Å². The molecule has 110 valence electrons. The van der Waals surface area contributed by atoms with Gasteiger partial charge in [-0.3, -0.25) is 0 Å². The molecule has 0 unspecified atom stereocenters. The van der Waals surface area contributed by atoms with Gasteiger partial charge in [-0.2, -0.15) is 0 Å². The van der Waals surface area contributed by atoms with Gasteiger partial charge in [0.1, 0.15) is 23.2 Å². The number of hydrogen-bond acceptors (Lipinski definition) is 3. The monoisotopic (exact) mass is 304 g/mol. The number of halogens is 1. The molecule has 0 atom stereocenters. The molecule has 5 heteroatoms. The Balaban J connectivity index is 1.92. The predicted molar refractivity (Wildman–Crippen MR) is 87.5 cm³/mol. The lowest BCUT2D eigenvalue weighted by Gasteiger charge is -2.12. The van der Waals surface area contributed by atoms with Gasteiger partial charge in [0.2, 0.25) is 0 Å². The Morgan fingerprint density at radius 2 is 2.05 bits per heavy atom. The average Bonchev–Trinajstić information content (AvgIpc) is 2.43. The SMILES string of the molecule is Cc1cccc(OCCNc2cccc(F)c2C(N)=S)c1. The zero-order chi connectivity index (χ0) is 15.2. The van der Waals surface area contributed by atoms with Crippen LogP contribution in [0.2, 0.25) is 0 Å². The van der Waals surface area contributed by atoms with E-state index < -0.39 is 5.82 Å². The Kier molecular flexibility index (Phi) is 5.11. The molecule has 0 saturated carbocycles. The molecule has 0 aliphatic carbocycles. The molecular weight excluding hydrogens is 287 g/mol. The zero-order valence-electron chi connectivity index (χ0n) is 11.7. The molecule has 0 aliphatic rings. The molecule has 0 radical (unpaired) electrons. The van der Waals surface area contributed by atoms with Crippen LogP contribution in [0.3, 0.4) is 0 Å². The molecular formula is C16H17FN2OS. The van der Waals surface area contributed by atoms with Crippen LogP contribution < -0.4 is 15.8 Å². The first-order chi connectivity index (χ1) is 10.1. The number of ether oxygens (including phenoxy) is 1. The van der Waals surface area contributed by atoms with Crippen LogP contribution in [0.1, 0.15) is 11.1 Å². The van der Waals surface area contributed by atoms with E-state index in [-0.39, 0.29) is 10.6 Å². The molecule has 0 spiro atoms. The number of anilines is 1. The molecule has 0 aromatic heterocycles. The van der Waals surface area contributed by atoms with E-state index in [4.69, 9.17) is 22.7 Å². The molecule has 0 heterocycles. The van der Waals surface area contributed by atoms with Crippen LogP contribution in [0.25, 0.3) is 0 Å². The van der Waals surface area contributed by atoms with Crippen molar-refractivity contribution in [3.8, 4) is 5.75 Å². The van der Waals surface area contributed by atoms with Crippen molar-refractivity contribution in [3.63, 3.8) is 0 Å². The lowest BCUT2D eigenvalue weighted by molar-refractivity contribution is 0.332. The lowest BCUT2D eigenvalue weighted by Crippen LogP contribution is -2.18. The first-order valence-corrected chi connectivity index (χ1v) is 7.00. The summed E-state index contributed by atoms with van der Waals surface area (Å²) in [6.07, 6.45) is 0. The Labute approximate surface area is 128 Å². The smallest absolute Gasteiger partial charge is 0.135 e. The summed E-state index contributed by atoms with van der Waals surface area (Å²) in [7, 11) is 0. The molecule has 0 amide bonds. The molecule has 3 nitrogen and oxygen atoms in total. The zero-order valence-corrected chi connectivity index (χ0v) is 12.5. The quantitative estimate of drug-likeness (QED) is 0.635. The number of aryl methyl sites for hydroxylation is 1. The molecule has 21 heavy (non-hydrogen) atoms. The fourth-order valence-corrected chi connectivity index (χ4v) is 2.19. The molecule has 2 rings (SSSR count). The van der Waals surface area contributed by atoms with Gasteiger partial charge in [-0.1, -0.05) is 30.4 Å². The standard InChI is InChI=1S/C16H17FN2OS/c1-11-4-2-5-12(10-11)20-9-8-19-14-7-3-6-13(17)15(14)16(18)21/h2-7,10,19H,8-9H2,1H3,(H2,18,21). The summed E-state index contributed by atoms with van der Waals surface area (Å²) in [5.74, 6) is 0.387. The molecule has 3 N–H and O–H groups in total. The van der Waals surface area contributed by atoms with Crippen LogP contribution in [0.4, 0.5) is 10.1 Å². The van der Waals surface area contributed by atoms with Gasteiger partial charge in [0.15, 0.2) is 0 Å². The summed E-state index contributed by atoms with van der Waals surface area (Å²) < 4.78 is 19.3. The van der Waals surface area contributed by atoms with Crippen LogP contribution in [0.15, 0.2) is 42.5 Å². The maximum Gasteiger partial charge on any atom is 0.135 e. The number of rotatable bonds is 6. The molecule has 2 aromatic carbocycles. The fraction of sp³-hybridized carbons (Fsp3) is 0.188. The van der Waals surface area contributed by atoms with Crippen molar-refractivity contribution in [2.75, 3.05) is 18.5 Å². The number of benzene rings is 2. The third-order valence-electron chi connectivity index (χ3n) is 2.94. The first kappa shape index (κ1) is 15.3. The van der Waals surface area contributed by atoms with E-state index >= 15 is 0 Å². The highest BCUT2D eigenvalue weighted by molar-refractivity contribution is 7.80. The van der Waals surface area contributed by atoms with Gasteiger partial charge in [-0.05, 0) is 36.8 Å². The van der Waals surface area contributed by atoms with Gasteiger partial charge in [0.25, 0.3) is 0 Å². The Morgan fingerprint density at radius 3 is 2.76 bits per heavy atom. The van der Waals surface area contributed by atoms with Crippen molar-refractivity contribution in [1.82, 2.24) is 0 Å². The summed E-state index contributed by atoms with van der Waals surface area (Å²) in [5.41, 5.74) is 7.51. The second-order valence-electron chi connectivity index (χ2n) is 4.62. The van der Waals surface area contributed by atoms with E-state index in [0.29, 0.717) is 18.8 Å². The lowest BCUT2D eigenvalue weighted by atomic mass is 10.1. The molecule has 2 aromatic rings. The van der Waals surface area contributed by atoms with Crippen molar-refractivity contribution in [2.45, 2.75) is 6.92 Å². The Morgan fingerprint density at radius 1 is 1.29 bits per heavy atom. The highest BCUT2D eigenvalue weighted by atomic mass is 32.1. The Bertz CT molecular complexity index is 646. The average molecular weight is 304 g/mol. The summed E-state index contributed by atoms with van der Waals surface area (Å²) in [6, 6.07) is 12.5. The third kappa shape index (κ3) is 4.16. The van der Waals surface area contributed by atoms with Crippen LogP contribution in [0, 0.1) is 12.7 Å². The minimum absolute atomic E-state index is 0.0372. The molecule has 0 bridgehead atoms. The summed E-state index contributed by atoms with van der Waals surface area (Å²) in [5, 5.41) is 3.09. The van der Waals surface area contributed by atoms with E-state index in [9.17, 15) is 4.39 Å². The summed E-state index contributed by atoms with van der Waals surface area (Å²) in [6.45, 7) is 2.98. The van der Waals surface area contributed by atoms with Gasteiger partial charge in [-0.15, -0.1) is 0 Å². The van der Waals surface area contributed by atoms with Gasteiger partial charge in [0, 0.05) is 12.2 Å². The van der Waals surface area contributed by atoms with Crippen molar-refractivity contribution in [2.24, 2.45) is 5.73 Å². The molecule has 0 saturated heterocycles. The second-order valence-corrected chi connectivity index (χ2v) is 5.06. The maximum absolute atomic E-state index is 13.7. The third-order valence-corrected chi connectivity index (χ3v) is 3.14. The Hall–Kier alpha value is -2.14. The van der Waals surface area contributed by atoms with E-state index in [2.05, 4.69) is 5.32 Å². The highest BCUT2D eigenvalue weighted by Gasteiger charge is 2.10. The molecule has 0 fully saturated rings. The van der Waals surface area contributed by atoms with Crippen LogP contribution in [-0.2, 0) is 0 Å². The first-order valence-electron chi connectivity index (χ1n) is 6.59. The predicted octanol–water partition coefficient (Wildman–Crippen LogP) is 3.26. The number of nitrogens with two attached hydrogens (primary N) is 1. The second kappa shape index (κ2) is 7.04. The fourth-order valence-electron chi connectivity index (χ4n) is 1.98. The topological polar surface area (TPSA) is 47.3 Å². The number of thiocarbonyl (C=S) groups is 1.